The molecule has 0 unspecified atom stereocenters. The molecular formula is C22H25N3O4. The van der Waals surface area contributed by atoms with Crippen LogP contribution in [-0.4, -0.2) is 69.3 Å². The van der Waals surface area contributed by atoms with Crippen molar-refractivity contribution in [2.75, 3.05) is 62.8 Å². The number of carbonyl (C=O) groups excluding carboxylic acids is 2. The van der Waals surface area contributed by atoms with E-state index in [0.717, 1.165) is 32.0 Å². The number of carbonyl (C=O) groups is 2. The average molecular weight is 395 g/mol. The molecule has 2 saturated heterocycles. The van der Waals surface area contributed by atoms with Crippen LogP contribution in [-0.2, 0) is 9.47 Å². The highest BCUT2D eigenvalue weighted by Gasteiger charge is 2.22. The van der Waals surface area contributed by atoms with Crippen LogP contribution < -0.4 is 10.2 Å². The van der Waals surface area contributed by atoms with Crippen molar-refractivity contribution in [3.8, 4) is 0 Å². The Hall–Kier alpha value is -2.90. The Labute approximate surface area is 170 Å². The fraction of sp³-hybridized carbons (Fsp3) is 0.364. The number of hydrogen-bond donors (Lipinski definition) is 1. The van der Waals surface area contributed by atoms with Crippen LogP contribution in [0.15, 0.2) is 48.5 Å². The zero-order chi connectivity index (χ0) is 20.1. The summed E-state index contributed by atoms with van der Waals surface area (Å²) in [6, 6.07) is 14.6. The van der Waals surface area contributed by atoms with E-state index < -0.39 is 0 Å². The van der Waals surface area contributed by atoms with Gasteiger partial charge in [0, 0.05) is 37.4 Å². The Bertz CT molecular complexity index is 857. The third-order valence-corrected chi connectivity index (χ3v) is 5.21. The van der Waals surface area contributed by atoms with Gasteiger partial charge in [-0.25, -0.2) is 0 Å². The molecule has 0 aliphatic carbocycles. The van der Waals surface area contributed by atoms with Gasteiger partial charge in [-0.3, -0.25) is 9.59 Å². The van der Waals surface area contributed by atoms with Gasteiger partial charge in [0.1, 0.15) is 0 Å². The van der Waals surface area contributed by atoms with Crippen molar-refractivity contribution in [1.82, 2.24) is 4.90 Å². The molecule has 2 aliphatic heterocycles. The minimum absolute atomic E-state index is 0.0909. The Kier molecular flexibility index (Phi) is 6.07. The lowest BCUT2D eigenvalue weighted by molar-refractivity contribution is 0.0303. The van der Waals surface area contributed by atoms with Crippen molar-refractivity contribution in [3.63, 3.8) is 0 Å². The van der Waals surface area contributed by atoms with Crippen molar-refractivity contribution in [1.29, 1.82) is 0 Å². The zero-order valence-corrected chi connectivity index (χ0v) is 16.3. The first kappa shape index (κ1) is 19.4. The summed E-state index contributed by atoms with van der Waals surface area (Å²) in [6.07, 6.45) is 0. The molecule has 0 radical (unpaired) electrons. The van der Waals surface area contributed by atoms with Crippen LogP contribution in [0.4, 0.5) is 11.4 Å². The minimum atomic E-state index is -0.235. The highest BCUT2D eigenvalue weighted by molar-refractivity contribution is 6.09. The molecule has 0 atom stereocenters. The van der Waals surface area contributed by atoms with Crippen LogP contribution in [0.25, 0.3) is 0 Å². The standard InChI is InChI=1S/C22H25N3O4/c26-21(17-5-7-18(8-6-17)24-9-13-28-14-10-24)23-20-4-2-1-3-19(20)22(27)25-11-15-29-16-12-25/h1-8H,9-16H2,(H,23,26). The van der Waals surface area contributed by atoms with Gasteiger partial charge in [-0.05, 0) is 36.4 Å². The Morgan fingerprint density at radius 2 is 1.41 bits per heavy atom. The van der Waals surface area contributed by atoms with Gasteiger partial charge in [0.15, 0.2) is 0 Å². The number of nitrogens with zero attached hydrogens (tertiary/aromatic N) is 2. The molecule has 2 fully saturated rings. The number of anilines is 2. The summed E-state index contributed by atoms with van der Waals surface area (Å²) in [5, 5.41) is 2.89. The second-order valence-corrected chi connectivity index (χ2v) is 7.05. The highest BCUT2D eigenvalue weighted by atomic mass is 16.5. The number of hydrogen-bond acceptors (Lipinski definition) is 5. The van der Waals surface area contributed by atoms with Gasteiger partial charge in [0.2, 0.25) is 0 Å². The molecule has 2 aliphatic rings. The zero-order valence-electron chi connectivity index (χ0n) is 16.3. The maximum Gasteiger partial charge on any atom is 0.256 e. The molecule has 2 heterocycles. The summed E-state index contributed by atoms with van der Waals surface area (Å²) in [4.78, 5) is 29.6. The summed E-state index contributed by atoms with van der Waals surface area (Å²) in [5.41, 5.74) is 2.64. The van der Waals surface area contributed by atoms with E-state index in [-0.39, 0.29) is 11.8 Å². The van der Waals surface area contributed by atoms with Crippen molar-refractivity contribution >= 4 is 23.2 Å². The maximum absolute atomic E-state index is 12.9. The molecule has 7 heteroatoms. The molecule has 2 aromatic carbocycles. The lowest BCUT2D eigenvalue weighted by Gasteiger charge is -2.29. The van der Waals surface area contributed by atoms with Crippen LogP contribution >= 0.6 is 0 Å². The molecule has 2 amide bonds. The van der Waals surface area contributed by atoms with E-state index in [1.807, 2.05) is 30.3 Å². The van der Waals surface area contributed by atoms with Crippen LogP contribution in [0, 0.1) is 0 Å². The molecule has 0 saturated carbocycles. The van der Waals surface area contributed by atoms with Crippen molar-refractivity contribution < 1.29 is 19.1 Å². The average Bonchev–Trinajstić information content (AvgIpc) is 2.80. The molecule has 4 rings (SSSR count). The topological polar surface area (TPSA) is 71.1 Å². The molecule has 7 nitrogen and oxygen atoms in total. The predicted octanol–water partition coefficient (Wildman–Crippen LogP) is 2.25. The largest absolute Gasteiger partial charge is 0.378 e. The molecule has 0 spiro atoms. The second kappa shape index (κ2) is 9.07. The fourth-order valence-electron chi connectivity index (χ4n) is 3.56. The van der Waals surface area contributed by atoms with E-state index in [1.165, 1.54) is 0 Å². The summed E-state index contributed by atoms with van der Waals surface area (Å²) in [6.45, 7) is 5.33. The lowest BCUT2D eigenvalue weighted by Crippen LogP contribution is -2.41. The van der Waals surface area contributed by atoms with Crippen molar-refractivity contribution in [3.05, 3.63) is 59.7 Å². The summed E-state index contributed by atoms with van der Waals surface area (Å²) in [7, 11) is 0. The third-order valence-electron chi connectivity index (χ3n) is 5.21. The molecule has 2 aromatic rings. The van der Waals surface area contributed by atoms with Gasteiger partial charge in [0.25, 0.3) is 11.8 Å². The first-order valence-corrected chi connectivity index (χ1v) is 9.92. The number of nitrogens with one attached hydrogen (secondary N) is 1. The van der Waals surface area contributed by atoms with Crippen LogP contribution in [0.1, 0.15) is 20.7 Å². The molecule has 1 N–H and O–H groups in total. The van der Waals surface area contributed by atoms with E-state index >= 15 is 0 Å². The molecule has 0 aromatic heterocycles. The van der Waals surface area contributed by atoms with Gasteiger partial charge in [0.05, 0.1) is 37.7 Å². The number of morpholine rings is 2. The lowest BCUT2D eigenvalue weighted by atomic mass is 10.1. The summed E-state index contributed by atoms with van der Waals surface area (Å²) >= 11 is 0. The highest BCUT2D eigenvalue weighted by Crippen LogP contribution is 2.21. The molecule has 152 valence electrons. The van der Waals surface area contributed by atoms with E-state index in [2.05, 4.69) is 10.2 Å². The molecule has 0 bridgehead atoms. The van der Waals surface area contributed by atoms with Crippen molar-refractivity contribution in [2.45, 2.75) is 0 Å². The second-order valence-electron chi connectivity index (χ2n) is 7.05. The number of ether oxygens (including phenoxy) is 2. The van der Waals surface area contributed by atoms with Crippen LogP contribution in [0.5, 0.6) is 0 Å². The van der Waals surface area contributed by atoms with Gasteiger partial charge in [-0.1, -0.05) is 12.1 Å². The Morgan fingerprint density at radius 3 is 2.10 bits per heavy atom. The first-order valence-electron chi connectivity index (χ1n) is 9.92. The van der Waals surface area contributed by atoms with Gasteiger partial charge < -0.3 is 24.6 Å². The number of para-hydroxylation sites is 1. The van der Waals surface area contributed by atoms with Gasteiger partial charge in [-0.2, -0.15) is 0 Å². The summed E-state index contributed by atoms with van der Waals surface area (Å²) in [5.74, 6) is -0.326. The van der Waals surface area contributed by atoms with E-state index in [0.29, 0.717) is 43.1 Å². The smallest absolute Gasteiger partial charge is 0.256 e. The van der Waals surface area contributed by atoms with E-state index in [9.17, 15) is 9.59 Å². The molecule has 29 heavy (non-hydrogen) atoms. The van der Waals surface area contributed by atoms with Gasteiger partial charge in [-0.15, -0.1) is 0 Å². The van der Waals surface area contributed by atoms with Crippen LogP contribution in [0.3, 0.4) is 0 Å². The monoisotopic (exact) mass is 395 g/mol. The third kappa shape index (κ3) is 4.58. The van der Waals surface area contributed by atoms with E-state index in [4.69, 9.17) is 9.47 Å². The number of benzene rings is 2. The first-order chi connectivity index (χ1) is 14.2. The minimum Gasteiger partial charge on any atom is -0.378 e. The predicted molar refractivity (Wildman–Crippen MR) is 111 cm³/mol. The van der Waals surface area contributed by atoms with E-state index in [1.54, 1.807) is 23.1 Å². The fourth-order valence-corrected chi connectivity index (χ4v) is 3.56. The number of amides is 2. The Morgan fingerprint density at radius 1 is 0.793 bits per heavy atom. The van der Waals surface area contributed by atoms with Crippen LogP contribution in [0.2, 0.25) is 0 Å². The van der Waals surface area contributed by atoms with Crippen molar-refractivity contribution in [2.24, 2.45) is 0 Å². The quantitative estimate of drug-likeness (QED) is 0.860. The van der Waals surface area contributed by atoms with Gasteiger partial charge >= 0.3 is 0 Å². The maximum atomic E-state index is 12.9. The normalized spacial score (nSPS) is 17.1. The SMILES string of the molecule is O=C(Nc1ccccc1C(=O)N1CCOCC1)c1ccc(N2CCOCC2)cc1. The number of rotatable bonds is 4. The Balaban J connectivity index is 1.46. The molecular weight excluding hydrogens is 370 g/mol. The summed E-state index contributed by atoms with van der Waals surface area (Å²) < 4.78 is 10.7.